The van der Waals surface area contributed by atoms with Crippen LogP contribution in [-0.2, 0) is 25.5 Å². The number of hydrogen-bond donors (Lipinski definition) is 2. The SMILES string of the molecule is COCCNc1cc(NC(=O)N(C)c2ccc(CN(C)C(C)=O)c(C3OCCO3)n2)ncc1C#N. The summed E-state index contributed by atoms with van der Waals surface area (Å²) in [6, 6.07) is 6.65. The van der Waals surface area contributed by atoms with E-state index in [4.69, 9.17) is 14.2 Å². The summed E-state index contributed by atoms with van der Waals surface area (Å²) in [4.78, 5) is 36.3. The molecule has 1 aliphatic heterocycles. The number of nitrogens with zero attached hydrogens (tertiary/aromatic N) is 5. The van der Waals surface area contributed by atoms with Gasteiger partial charge in [-0.2, -0.15) is 5.26 Å². The maximum atomic E-state index is 12.9. The minimum atomic E-state index is -0.678. The molecule has 0 radical (unpaired) electrons. The van der Waals surface area contributed by atoms with Crippen LogP contribution in [0.5, 0.6) is 0 Å². The standard InChI is InChI=1S/C23H29N7O5/c1-15(31)29(2)14-16-5-6-20(28-21(16)22-34-9-10-35-22)30(3)23(32)27-19-11-18(25-7-8-33-4)17(12-24)13-26-19/h5-6,11,13,22H,7-10,14H2,1-4H3,(H2,25,26,27,32). The highest BCUT2D eigenvalue weighted by Gasteiger charge is 2.26. The van der Waals surface area contributed by atoms with Gasteiger partial charge in [0.25, 0.3) is 0 Å². The van der Waals surface area contributed by atoms with Crippen LogP contribution in [0.1, 0.15) is 30.0 Å². The molecule has 0 aromatic carbocycles. The van der Waals surface area contributed by atoms with Crippen LogP contribution >= 0.6 is 0 Å². The minimum absolute atomic E-state index is 0.0872. The van der Waals surface area contributed by atoms with Crippen LogP contribution in [0.15, 0.2) is 24.4 Å². The molecular formula is C23H29N7O5. The van der Waals surface area contributed by atoms with Crippen molar-refractivity contribution in [2.45, 2.75) is 19.8 Å². The Labute approximate surface area is 203 Å². The number of carbonyl (C=O) groups is 2. The first kappa shape index (κ1) is 25.8. The molecule has 0 bridgehead atoms. The van der Waals surface area contributed by atoms with E-state index in [1.165, 1.54) is 18.0 Å². The average molecular weight is 484 g/mol. The van der Waals surface area contributed by atoms with Crippen molar-refractivity contribution in [3.8, 4) is 6.07 Å². The molecule has 1 fully saturated rings. The molecule has 2 aromatic rings. The summed E-state index contributed by atoms with van der Waals surface area (Å²) in [5.74, 6) is 0.539. The van der Waals surface area contributed by atoms with Crippen LogP contribution in [0.25, 0.3) is 0 Å². The van der Waals surface area contributed by atoms with Gasteiger partial charge in [-0.3, -0.25) is 15.0 Å². The monoisotopic (exact) mass is 483 g/mol. The van der Waals surface area contributed by atoms with Crippen molar-refractivity contribution in [2.24, 2.45) is 0 Å². The first-order chi connectivity index (χ1) is 16.8. The number of ether oxygens (including phenoxy) is 3. The number of urea groups is 1. The Morgan fingerprint density at radius 2 is 2.03 bits per heavy atom. The van der Waals surface area contributed by atoms with Crippen LogP contribution in [-0.4, -0.2) is 74.4 Å². The number of methoxy groups -OCH3 is 1. The van der Waals surface area contributed by atoms with Crippen LogP contribution in [0, 0.1) is 11.3 Å². The second-order valence-corrected chi connectivity index (χ2v) is 7.80. The molecule has 12 nitrogen and oxygen atoms in total. The summed E-state index contributed by atoms with van der Waals surface area (Å²) in [6.45, 7) is 3.62. The fourth-order valence-electron chi connectivity index (χ4n) is 3.25. The van der Waals surface area contributed by atoms with Crippen LogP contribution in [0.2, 0.25) is 0 Å². The third-order valence-electron chi connectivity index (χ3n) is 5.32. The van der Waals surface area contributed by atoms with E-state index in [0.29, 0.717) is 55.7 Å². The van der Waals surface area contributed by atoms with Gasteiger partial charge in [0.2, 0.25) is 12.2 Å². The summed E-state index contributed by atoms with van der Waals surface area (Å²) >= 11 is 0. The Morgan fingerprint density at radius 3 is 2.69 bits per heavy atom. The molecule has 2 N–H and O–H groups in total. The fraction of sp³-hybridized carbons (Fsp3) is 0.435. The fourth-order valence-corrected chi connectivity index (χ4v) is 3.25. The predicted molar refractivity (Wildman–Crippen MR) is 128 cm³/mol. The highest BCUT2D eigenvalue weighted by molar-refractivity contribution is 6.00. The molecule has 0 saturated carbocycles. The van der Waals surface area contributed by atoms with Gasteiger partial charge in [-0.1, -0.05) is 6.07 Å². The number of carbonyl (C=O) groups excluding carboxylic acids is 2. The number of nitriles is 1. The Morgan fingerprint density at radius 1 is 1.29 bits per heavy atom. The maximum Gasteiger partial charge on any atom is 0.328 e. The lowest BCUT2D eigenvalue weighted by atomic mass is 10.1. The van der Waals surface area contributed by atoms with E-state index < -0.39 is 12.3 Å². The highest BCUT2D eigenvalue weighted by atomic mass is 16.7. The predicted octanol–water partition coefficient (Wildman–Crippen LogP) is 2.10. The van der Waals surface area contributed by atoms with Crippen molar-refractivity contribution in [3.05, 3.63) is 41.2 Å². The quantitative estimate of drug-likeness (QED) is 0.513. The van der Waals surface area contributed by atoms with Gasteiger partial charge in [-0.05, 0) is 11.6 Å². The molecule has 1 aliphatic rings. The topological polar surface area (TPSA) is 142 Å². The van der Waals surface area contributed by atoms with Crippen LogP contribution < -0.4 is 15.5 Å². The summed E-state index contributed by atoms with van der Waals surface area (Å²) in [5, 5.41) is 15.1. The molecule has 0 unspecified atom stereocenters. The van der Waals surface area contributed by atoms with Gasteiger partial charge in [0, 0.05) is 53.5 Å². The van der Waals surface area contributed by atoms with E-state index >= 15 is 0 Å². The lowest BCUT2D eigenvalue weighted by molar-refractivity contribution is -0.128. The molecule has 2 aromatic heterocycles. The van der Waals surface area contributed by atoms with Crippen molar-refractivity contribution < 1.29 is 23.8 Å². The van der Waals surface area contributed by atoms with E-state index in [9.17, 15) is 14.9 Å². The minimum Gasteiger partial charge on any atom is -0.383 e. The van der Waals surface area contributed by atoms with Crippen LogP contribution in [0.3, 0.4) is 0 Å². The van der Waals surface area contributed by atoms with Crippen molar-refractivity contribution >= 4 is 29.3 Å². The van der Waals surface area contributed by atoms with E-state index in [1.807, 2.05) is 0 Å². The van der Waals surface area contributed by atoms with Crippen LogP contribution in [0.4, 0.5) is 22.1 Å². The molecule has 3 heterocycles. The van der Waals surface area contributed by atoms with Crippen molar-refractivity contribution in [1.82, 2.24) is 14.9 Å². The van der Waals surface area contributed by atoms with Gasteiger partial charge < -0.3 is 24.4 Å². The third kappa shape index (κ3) is 6.63. The second-order valence-electron chi connectivity index (χ2n) is 7.80. The molecule has 0 spiro atoms. The molecule has 3 amide bonds. The number of aromatic nitrogens is 2. The smallest absolute Gasteiger partial charge is 0.328 e. The van der Waals surface area contributed by atoms with E-state index in [1.54, 1.807) is 44.3 Å². The molecule has 0 atom stereocenters. The largest absolute Gasteiger partial charge is 0.383 e. The molecule has 186 valence electrons. The number of rotatable bonds is 9. The second kappa shape index (κ2) is 12.1. The average Bonchev–Trinajstić information content (AvgIpc) is 3.39. The first-order valence-electron chi connectivity index (χ1n) is 11.0. The Kier molecular flexibility index (Phi) is 8.91. The zero-order valence-electron chi connectivity index (χ0n) is 20.2. The summed E-state index contributed by atoms with van der Waals surface area (Å²) < 4.78 is 16.3. The summed E-state index contributed by atoms with van der Waals surface area (Å²) in [6.07, 6.45) is 0.707. The van der Waals surface area contributed by atoms with E-state index in [-0.39, 0.29) is 11.7 Å². The summed E-state index contributed by atoms with van der Waals surface area (Å²) in [5.41, 5.74) is 2.15. The van der Waals surface area contributed by atoms with Gasteiger partial charge in [0.1, 0.15) is 23.4 Å². The lowest BCUT2D eigenvalue weighted by Crippen LogP contribution is -2.33. The zero-order valence-corrected chi connectivity index (χ0v) is 20.2. The molecule has 35 heavy (non-hydrogen) atoms. The van der Waals surface area contributed by atoms with Gasteiger partial charge in [-0.25, -0.2) is 14.8 Å². The number of pyridine rings is 2. The normalized spacial score (nSPS) is 13.2. The highest BCUT2D eigenvalue weighted by Crippen LogP contribution is 2.28. The first-order valence-corrected chi connectivity index (χ1v) is 11.0. The third-order valence-corrected chi connectivity index (χ3v) is 5.32. The van der Waals surface area contributed by atoms with Gasteiger partial charge >= 0.3 is 6.03 Å². The lowest BCUT2D eigenvalue weighted by Gasteiger charge is -2.22. The number of anilines is 3. The van der Waals surface area contributed by atoms with Gasteiger partial charge in [0.05, 0.1) is 31.1 Å². The molecule has 3 rings (SSSR count). The molecule has 12 heteroatoms. The van der Waals surface area contributed by atoms with E-state index in [0.717, 1.165) is 5.56 Å². The summed E-state index contributed by atoms with van der Waals surface area (Å²) in [7, 11) is 4.85. The Hall–Kier alpha value is -3.79. The Balaban J connectivity index is 1.79. The Bertz CT molecular complexity index is 1100. The number of amides is 3. The number of nitrogens with one attached hydrogen (secondary N) is 2. The van der Waals surface area contributed by atoms with E-state index in [2.05, 4.69) is 26.7 Å². The molecular weight excluding hydrogens is 454 g/mol. The van der Waals surface area contributed by atoms with Crippen molar-refractivity contribution in [2.75, 3.05) is 63.1 Å². The number of hydrogen-bond acceptors (Lipinski definition) is 9. The maximum absolute atomic E-state index is 12.9. The van der Waals surface area contributed by atoms with Crippen molar-refractivity contribution in [1.29, 1.82) is 5.26 Å². The van der Waals surface area contributed by atoms with Gasteiger partial charge in [0.15, 0.2) is 0 Å². The molecule has 0 aliphatic carbocycles. The zero-order chi connectivity index (χ0) is 25.4. The van der Waals surface area contributed by atoms with Gasteiger partial charge in [-0.15, -0.1) is 0 Å². The van der Waals surface area contributed by atoms with Crippen molar-refractivity contribution in [3.63, 3.8) is 0 Å². The molecule has 1 saturated heterocycles.